The number of carbonyl (C=O) groups excluding carboxylic acids is 2. The van der Waals surface area contributed by atoms with Gasteiger partial charge in [0.15, 0.2) is 0 Å². The summed E-state index contributed by atoms with van der Waals surface area (Å²) in [5.41, 5.74) is 1.18. The van der Waals surface area contributed by atoms with Crippen molar-refractivity contribution in [2.45, 2.75) is 26.9 Å². The summed E-state index contributed by atoms with van der Waals surface area (Å²) in [5.74, 6) is 0.222. The van der Waals surface area contributed by atoms with Gasteiger partial charge in [-0.3, -0.25) is 19.7 Å². The molecule has 3 rings (SSSR count). The van der Waals surface area contributed by atoms with Gasteiger partial charge in [-0.25, -0.2) is 0 Å². The molecule has 1 aromatic heterocycles. The molecule has 0 fully saturated rings. The molecule has 0 bridgehead atoms. The first-order chi connectivity index (χ1) is 15.8. The van der Waals surface area contributed by atoms with Gasteiger partial charge in [-0.2, -0.15) is 0 Å². The van der Waals surface area contributed by atoms with Crippen LogP contribution >= 0.6 is 0 Å². The molecule has 0 N–H and O–H groups in total. The lowest BCUT2D eigenvalue weighted by Gasteiger charge is -2.28. The normalized spacial score (nSPS) is 10.8. The zero-order valence-corrected chi connectivity index (χ0v) is 18.7. The van der Waals surface area contributed by atoms with Crippen molar-refractivity contribution in [3.63, 3.8) is 0 Å². The Morgan fingerprint density at radius 3 is 2.21 bits per heavy atom. The van der Waals surface area contributed by atoms with Crippen LogP contribution in [0.4, 0.5) is 5.69 Å². The Morgan fingerprint density at radius 2 is 1.64 bits per heavy atom. The highest BCUT2D eigenvalue weighted by Gasteiger charge is 2.24. The minimum absolute atomic E-state index is 0.0921. The van der Waals surface area contributed by atoms with E-state index in [1.807, 2.05) is 44.2 Å². The third-order valence-electron chi connectivity index (χ3n) is 5.02. The Hall–Kier alpha value is -3.94. The second-order valence-electron chi connectivity index (χ2n) is 8.20. The Kier molecular flexibility index (Phi) is 7.96. The number of nitro benzene ring substituents is 1. The fourth-order valence-corrected chi connectivity index (χ4v) is 3.46. The molecular weight excluding hydrogens is 422 g/mol. The zero-order valence-electron chi connectivity index (χ0n) is 18.7. The van der Waals surface area contributed by atoms with Gasteiger partial charge in [0.05, 0.1) is 17.7 Å². The fourth-order valence-electron chi connectivity index (χ4n) is 3.46. The van der Waals surface area contributed by atoms with E-state index in [-0.39, 0.29) is 36.5 Å². The molecule has 0 aliphatic carbocycles. The topological polar surface area (TPSA) is 96.9 Å². The molecule has 3 aromatic rings. The maximum atomic E-state index is 13.3. The molecule has 1 heterocycles. The van der Waals surface area contributed by atoms with Crippen molar-refractivity contribution in [2.75, 3.05) is 13.1 Å². The first-order valence-corrected chi connectivity index (χ1v) is 10.7. The SMILES string of the molecule is CC(C)CN(CC(=O)N(Cc1ccccc1)Cc1ccco1)C(=O)c1ccc([N+](=O)[O-])cc1. The molecule has 0 saturated carbocycles. The highest BCUT2D eigenvalue weighted by molar-refractivity contribution is 5.96. The minimum atomic E-state index is -0.514. The van der Waals surface area contributed by atoms with E-state index in [1.54, 1.807) is 23.3 Å². The Balaban J connectivity index is 1.80. The molecule has 8 nitrogen and oxygen atoms in total. The van der Waals surface area contributed by atoms with Crippen molar-refractivity contribution in [3.8, 4) is 0 Å². The van der Waals surface area contributed by atoms with Crippen LogP contribution in [-0.2, 0) is 17.9 Å². The predicted molar refractivity (Wildman–Crippen MR) is 123 cm³/mol. The number of non-ortho nitro benzene ring substituents is 1. The number of hydrogen-bond acceptors (Lipinski definition) is 5. The largest absolute Gasteiger partial charge is 0.467 e. The third-order valence-corrected chi connectivity index (χ3v) is 5.02. The molecule has 0 spiro atoms. The number of nitrogens with zero attached hydrogens (tertiary/aromatic N) is 3. The van der Waals surface area contributed by atoms with Crippen molar-refractivity contribution in [1.29, 1.82) is 0 Å². The summed E-state index contributed by atoms with van der Waals surface area (Å²) in [5, 5.41) is 10.9. The van der Waals surface area contributed by atoms with Crippen LogP contribution in [0.5, 0.6) is 0 Å². The molecule has 2 amide bonds. The Bertz CT molecular complexity index is 1060. The van der Waals surface area contributed by atoms with Crippen LogP contribution in [0.25, 0.3) is 0 Å². The van der Waals surface area contributed by atoms with E-state index in [4.69, 9.17) is 4.42 Å². The molecule has 8 heteroatoms. The molecule has 0 saturated heterocycles. The number of hydrogen-bond donors (Lipinski definition) is 0. The molecule has 2 aromatic carbocycles. The van der Waals surface area contributed by atoms with Crippen LogP contribution in [0, 0.1) is 16.0 Å². The number of rotatable bonds is 10. The molecule has 0 radical (unpaired) electrons. The van der Waals surface area contributed by atoms with Gasteiger partial charge in [0.25, 0.3) is 11.6 Å². The van der Waals surface area contributed by atoms with Gasteiger partial charge in [0.2, 0.25) is 5.91 Å². The molecular formula is C25H27N3O5. The lowest BCUT2D eigenvalue weighted by atomic mass is 10.1. The van der Waals surface area contributed by atoms with Crippen LogP contribution in [0.3, 0.4) is 0 Å². The predicted octanol–water partition coefficient (Wildman–Crippen LogP) is 4.52. The number of amides is 2. The summed E-state index contributed by atoms with van der Waals surface area (Å²) in [6, 6.07) is 18.6. The van der Waals surface area contributed by atoms with Crippen molar-refractivity contribution >= 4 is 17.5 Å². The van der Waals surface area contributed by atoms with Crippen LogP contribution in [-0.4, -0.2) is 39.6 Å². The van der Waals surface area contributed by atoms with E-state index in [0.29, 0.717) is 24.4 Å². The van der Waals surface area contributed by atoms with Crippen LogP contribution in [0.15, 0.2) is 77.4 Å². The van der Waals surface area contributed by atoms with Gasteiger partial charge in [-0.15, -0.1) is 0 Å². The molecule has 0 aliphatic rings. The van der Waals surface area contributed by atoms with Crippen molar-refractivity contribution in [2.24, 2.45) is 5.92 Å². The smallest absolute Gasteiger partial charge is 0.269 e. The molecule has 172 valence electrons. The van der Waals surface area contributed by atoms with Gasteiger partial charge in [-0.05, 0) is 35.7 Å². The monoisotopic (exact) mass is 449 g/mol. The van der Waals surface area contributed by atoms with E-state index in [0.717, 1.165) is 5.56 Å². The standard InChI is InChI=1S/C25H27N3O5/c1-19(2)15-27(25(30)21-10-12-22(13-11-21)28(31)32)18-24(29)26(17-23-9-6-14-33-23)16-20-7-4-3-5-8-20/h3-14,19H,15-18H2,1-2H3. The second-order valence-corrected chi connectivity index (χ2v) is 8.20. The maximum Gasteiger partial charge on any atom is 0.269 e. The third kappa shape index (κ3) is 6.77. The highest BCUT2D eigenvalue weighted by atomic mass is 16.6. The van der Waals surface area contributed by atoms with Gasteiger partial charge in [-0.1, -0.05) is 44.2 Å². The van der Waals surface area contributed by atoms with Crippen molar-refractivity contribution in [1.82, 2.24) is 9.80 Å². The van der Waals surface area contributed by atoms with Crippen LogP contribution < -0.4 is 0 Å². The van der Waals surface area contributed by atoms with Gasteiger partial charge in [0, 0.05) is 30.8 Å². The number of nitro groups is 1. The first-order valence-electron chi connectivity index (χ1n) is 10.7. The molecule has 0 atom stereocenters. The van der Waals surface area contributed by atoms with Gasteiger partial charge >= 0.3 is 0 Å². The van der Waals surface area contributed by atoms with Crippen LogP contribution in [0.2, 0.25) is 0 Å². The van der Waals surface area contributed by atoms with Gasteiger partial charge in [0.1, 0.15) is 12.3 Å². The number of benzene rings is 2. The Morgan fingerprint density at radius 1 is 0.939 bits per heavy atom. The van der Waals surface area contributed by atoms with E-state index < -0.39 is 4.92 Å². The average Bonchev–Trinajstić information content (AvgIpc) is 3.31. The van der Waals surface area contributed by atoms with E-state index in [9.17, 15) is 19.7 Å². The molecule has 0 unspecified atom stereocenters. The summed E-state index contributed by atoms with van der Waals surface area (Å²) in [4.78, 5) is 40.1. The lowest BCUT2D eigenvalue weighted by molar-refractivity contribution is -0.384. The fraction of sp³-hybridized carbons (Fsp3) is 0.280. The molecule has 0 aliphatic heterocycles. The lowest BCUT2D eigenvalue weighted by Crippen LogP contribution is -2.43. The zero-order chi connectivity index (χ0) is 23.8. The van der Waals surface area contributed by atoms with Crippen molar-refractivity contribution < 1.29 is 18.9 Å². The Labute approximate surface area is 192 Å². The van der Waals surface area contributed by atoms with Crippen molar-refractivity contribution in [3.05, 3.63) is 100.0 Å². The van der Waals surface area contributed by atoms with E-state index in [2.05, 4.69) is 0 Å². The van der Waals surface area contributed by atoms with Gasteiger partial charge < -0.3 is 14.2 Å². The summed E-state index contributed by atoms with van der Waals surface area (Å²) >= 11 is 0. The summed E-state index contributed by atoms with van der Waals surface area (Å²) < 4.78 is 5.44. The average molecular weight is 450 g/mol. The number of furan rings is 1. The van der Waals surface area contributed by atoms with E-state index >= 15 is 0 Å². The maximum absolute atomic E-state index is 13.3. The minimum Gasteiger partial charge on any atom is -0.467 e. The molecule has 33 heavy (non-hydrogen) atoms. The summed E-state index contributed by atoms with van der Waals surface area (Å²) in [6.45, 7) is 4.85. The highest BCUT2D eigenvalue weighted by Crippen LogP contribution is 2.16. The van der Waals surface area contributed by atoms with Crippen LogP contribution in [0.1, 0.15) is 35.5 Å². The first kappa shape index (κ1) is 23.7. The quantitative estimate of drug-likeness (QED) is 0.335. The summed E-state index contributed by atoms with van der Waals surface area (Å²) in [6.07, 6.45) is 1.56. The second kappa shape index (κ2) is 11.1. The number of carbonyl (C=O) groups is 2. The van der Waals surface area contributed by atoms with E-state index in [1.165, 1.54) is 29.2 Å². The summed E-state index contributed by atoms with van der Waals surface area (Å²) in [7, 11) is 0.